The molecule has 0 spiro atoms. The number of hydrogen-bond acceptors (Lipinski definition) is 1. The first-order valence-corrected chi connectivity index (χ1v) is 4.80. The molecule has 0 radical (unpaired) electrons. The van der Waals surface area contributed by atoms with Crippen LogP contribution in [0.4, 0.5) is 5.69 Å². The van der Waals surface area contributed by atoms with Gasteiger partial charge in [0.1, 0.15) is 0 Å². The zero-order valence-electron chi connectivity index (χ0n) is 8.45. The number of hydrogen-bond donors (Lipinski definition) is 1. The number of nitrogens with one attached hydrogen (secondary N) is 1. The van der Waals surface area contributed by atoms with Crippen molar-refractivity contribution >= 4 is 23.0 Å². The molecule has 1 N–H and O–H groups in total. The van der Waals surface area contributed by atoms with E-state index >= 15 is 0 Å². The van der Waals surface area contributed by atoms with E-state index < -0.39 is 0 Å². The van der Waals surface area contributed by atoms with Crippen molar-refractivity contribution in [3.63, 3.8) is 0 Å². The summed E-state index contributed by atoms with van der Waals surface area (Å²) in [4.78, 5) is 1.90. The highest BCUT2D eigenvalue weighted by atomic mass is 32.1. The summed E-state index contributed by atoms with van der Waals surface area (Å²) in [6, 6.07) is 9.92. The van der Waals surface area contributed by atoms with E-state index in [1.54, 1.807) is 7.05 Å². The van der Waals surface area contributed by atoms with Crippen molar-refractivity contribution in [2.75, 3.05) is 11.9 Å². The Hall–Kier alpha value is -1.35. The van der Waals surface area contributed by atoms with Gasteiger partial charge in [-0.25, -0.2) is 0 Å². The third-order valence-electron chi connectivity index (χ3n) is 1.81. The molecule has 0 saturated carbocycles. The van der Waals surface area contributed by atoms with E-state index in [-0.39, 0.29) is 0 Å². The van der Waals surface area contributed by atoms with Crippen molar-refractivity contribution in [3.05, 3.63) is 42.6 Å². The van der Waals surface area contributed by atoms with Crippen LogP contribution in [0.25, 0.3) is 0 Å². The molecule has 0 bridgehead atoms. The van der Waals surface area contributed by atoms with Gasteiger partial charge in [0.2, 0.25) is 0 Å². The van der Waals surface area contributed by atoms with Crippen LogP contribution < -0.4 is 10.2 Å². The topological polar surface area (TPSA) is 15.3 Å². The van der Waals surface area contributed by atoms with Crippen LogP contribution >= 0.6 is 12.2 Å². The average molecular weight is 206 g/mol. The third kappa shape index (κ3) is 2.33. The van der Waals surface area contributed by atoms with Gasteiger partial charge in [-0.15, -0.1) is 0 Å². The van der Waals surface area contributed by atoms with Crippen molar-refractivity contribution in [3.8, 4) is 0 Å². The SMILES string of the molecule is C=C(C)N(C(=S)NC)c1ccccc1. The highest BCUT2D eigenvalue weighted by Crippen LogP contribution is 2.17. The van der Waals surface area contributed by atoms with E-state index in [1.165, 1.54) is 0 Å². The Balaban J connectivity index is 3.01. The zero-order chi connectivity index (χ0) is 10.6. The van der Waals surface area contributed by atoms with Crippen LogP contribution in [-0.4, -0.2) is 12.2 Å². The van der Waals surface area contributed by atoms with Gasteiger partial charge in [-0.2, -0.15) is 0 Å². The van der Waals surface area contributed by atoms with Crippen molar-refractivity contribution in [1.29, 1.82) is 0 Å². The highest BCUT2D eigenvalue weighted by molar-refractivity contribution is 7.80. The van der Waals surface area contributed by atoms with E-state index in [1.807, 2.05) is 42.2 Å². The molecule has 3 heteroatoms. The third-order valence-corrected chi connectivity index (χ3v) is 2.20. The fraction of sp³-hybridized carbons (Fsp3) is 0.182. The first kappa shape index (κ1) is 10.7. The van der Waals surface area contributed by atoms with E-state index in [9.17, 15) is 0 Å². The molecule has 0 aliphatic heterocycles. The van der Waals surface area contributed by atoms with Crippen LogP contribution in [0.15, 0.2) is 42.6 Å². The lowest BCUT2D eigenvalue weighted by molar-refractivity contribution is 1.10. The summed E-state index contributed by atoms with van der Waals surface area (Å²) in [5.74, 6) is 0. The lowest BCUT2D eigenvalue weighted by Gasteiger charge is -2.24. The van der Waals surface area contributed by atoms with Gasteiger partial charge in [0.15, 0.2) is 5.11 Å². The van der Waals surface area contributed by atoms with Gasteiger partial charge < -0.3 is 5.32 Å². The summed E-state index contributed by atoms with van der Waals surface area (Å²) < 4.78 is 0. The maximum absolute atomic E-state index is 5.19. The Morgan fingerprint density at radius 1 is 1.36 bits per heavy atom. The molecule has 0 saturated heterocycles. The first-order chi connectivity index (χ1) is 6.66. The normalized spacial score (nSPS) is 9.29. The van der Waals surface area contributed by atoms with Crippen molar-refractivity contribution in [1.82, 2.24) is 5.32 Å². The number of thiocarbonyl (C=S) groups is 1. The largest absolute Gasteiger partial charge is 0.365 e. The van der Waals surface area contributed by atoms with Crippen LogP contribution in [0, 0.1) is 0 Å². The number of anilines is 1. The Morgan fingerprint density at radius 2 is 1.93 bits per heavy atom. The van der Waals surface area contributed by atoms with Gasteiger partial charge in [-0.05, 0) is 31.3 Å². The summed E-state index contributed by atoms with van der Waals surface area (Å²) in [6.45, 7) is 5.83. The fourth-order valence-corrected chi connectivity index (χ4v) is 1.46. The van der Waals surface area contributed by atoms with E-state index in [2.05, 4.69) is 11.9 Å². The molecule has 0 aromatic heterocycles. The molecule has 1 aromatic rings. The maximum Gasteiger partial charge on any atom is 0.177 e. The van der Waals surface area contributed by atoms with Gasteiger partial charge in [-0.1, -0.05) is 24.8 Å². The summed E-state index contributed by atoms with van der Waals surface area (Å²) in [7, 11) is 1.81. The predicted molar refractivity (Wildman–Crippen MR) is 65.4 cm³/mol. The first-order valence-electron chi connectivity index (χ1n) is 4.39. The molecule has 14 heavy (non-hydrogen) atoms. The van der Waals surface area contributed by atoms with Crippen LogP contribution in [0.3, 0.4) is 0 Å². The molecule has 0 aliphatic carbocycles. The molecule has 0 heterocycles. The second-order valence-electron chi connectivity index (χ2n) is 2.96. The summed E-state index contributed by atoms with van der Waals surface area (Å²) in [6.07, 6.45) is 0. The van der Waals surface area contributed by atoms with E-state index in [0.717, 1.165) is 11.4 Å². The zero-order valence-corrected chi connectivity index (χ0v) is 9.27. The minimum absolute atomic E-state index is 0.656. The van der Waals surface area contributed by atoms with Gasteiger partial charge in [0.05, 0.1) is 0 Å². The van der Waals surface area contributed by atoms with Crippen LogP contribution in [0.2, 0.25) is 0 Å². The molecule has 1 rings (SSSR count). The van der Waals surface area contributed by atoms with Crippen LogP contribution in [0.5, 0.6) is 0 Å². The predicted octanol–water partition coefficient (Wildman–Crippen LogP) is 2.53. The Labute approximate surface area is 90.2 Å². The van der Waals surface area contributed by atoms with Gasteiger partial charge >= 0.3 is 0 Å². The number of benzene rings is 1. The second-order valence-corrected chi connectivity index (χ2v) is 3.35. The quantitative estimate of drug-likeness (QED) is 0.749. The lowest BCUT2D eigenvalue weighted by atomic mass is 10.3. The standard InChI is InChI=1S/C11H14N2S/c1-9(2)13(11(14)12-3)10-7-5-4-6-8-10/h4-8H,1H2,2-3H3,(H,12,14). The van der Waals surface area contributed by atoms with E-state index in [0.29, 0.717) is 5.11 Å². The minimum Gasteiger partial charge on any atom is -0.365 e. The van der Waals surface area contributed by atoms with E-state index in [4.69, 9.17) is 12.2 Å². The molecular formula is C11H14N2S. The van der Waals surface area contributed by atoms with Gasteiger partial charge in [-0.3, -0.25) is 4.90 Å². The highest BCUT2D eigenvalue weighted by Gasteiger charge is 2.10. The summed E-state index contributed by atoms with van der Waals surface area (Å²) >= 11 is 5.19. The van der Waals surface area contributed by atoms with Crippen molar-refractivity contribution < 1.29 is 0 Å². The molecular weight excluding hydrogens is 192 g/mol. The molecule has 0 fully saturated rings. The van der Waals surface area contributed by atoms with Gasteiger partial charge in [0, 0.05) is 18.4 Å². The second kappa shape index (κ2) is 4.77. The average Bonchev–Trinajstić information content (AvgIpc) is 2.19. The van der Waals surface area contributed by atoms with Gasteiger partial charge in [0.25, 0.3) is 0 Å². The maximum atomic E-state index is 5.19. The lowest BCUT2D eigenvalue weighted by Crippen LogP contribution is -2.36. The van der Waals surface area contributed by atoms with Crippen LogP contribution in [-0.2, 0) is 0 Å². The molecule has 0 aliphatic rings. The Morgan fingerprint density at radius 3 is 2.36 bits per heavy atom. The minimum atomic E-state index is 0.656. The molecule has 0 amide bonds. The molecule has 1 aromatic carbocycles. The Kier molecular flexibility index (Phi) is 3.65. The number of allylic oxidation sites excluding steroid dienone is 1. The summed E-state index contributed by atoms with van der Waals surface area (Å²) in [5.41, 5.74) is 1.93. The Bertz CT molecular complexity index is 332. The molecule has 74 valence electrons. The molecule has 2 nitrogen and oxygen atoms in total. The molecule has 0 unspecified atom stereocenters. The fourth-order valence-electron chi connectivity index (χ4n) is 1.20. The number of para-hydroxylation sites is 1. The monoisotopic (exact) mass is 206 g/mol. The summed E-state index contributed by atoms with van der Waals surface area (Å²) in [5, 5.41) is 3.60. The van der Waals surface area contributed by atoms with Crippen molar-refractivity contribution in [2.45, 2.75) is 6.92 Å². The van der Waals surface area contributed by atoms with Crippen LogP contribution in [0.1, 0.15) is 6.92 Å². The number of rotatable bonds is 2. The van der Waals surface area contributed by atoms with Crippen molar-refractivity contribution in [2.24, 2.45) is 0 Å². The number of nitrogens with zero attached hydrogens (tertiary/aromatic N) is 1. The smallest absolute Gasteiger partial charge is 0.177 e. The molecule has 0 atom stereocenters.